The molecule has 1 aromatic rings. The van der Waals surface area contributed by atoms with Gasteiger partial charge >= 0.3 is 0 Å². The Bertz CT molecular complexity index is 529. The van der Waals surface area contributed by atoms with Crippen molar-refractivity contribution < 1.29 is 0 Å². The Morgan fingerprint density at radius 1 is 1.38 bits per heavy atom. The molecule has 0 aromatic carbocycles. The molecule has 5 heteroatoms. The quantitative estimate of drug-likeness (QED) is 0.900. The minimum atomic E-state index is 0.0511. The predicted molar refractivity (Wildman–Crippen MR) is 84.9 cm³/mol. The zero-order valence-electron chi connectivity index (χ0n) is 13.1. The Kier molecular flexibility index (Phi) is 4.29. The standard InChI is InChI=1S/C16H26N4O/c1-12(2)19-10-9-18-15(16(19)21)20(14-6-7-14)11-13-5-3-4-8-17-13/h9-10,12-14,17H,3-8,11H2,1-2H3. The molecular weight excluding hydrogens is 264 g/mol. The molecule has 0 amide bonds. The third kappa shape index (κ3) is 3.28. The molecule has 1 aromatic heterocycles. The van der Waals surface area contributed by atoms with Crippen LogP contribution in [0.5, 0.6) is 0 Å². The van der Waals surface area contributed by atoms with E-state index >= 15 is 0 Å². The van der Waals surface area contributed by atoms with Crippen molar-refractivity contribution in [3.05, 3.63) is 22.7 Å². The van der Waals surface area contributed by atoms with Crippen LogP contribution < -0.4 is 15.8 Å². The third-order valence-corrected chi connectivity index (χ3v) is 4.50. The van der Waals surface area contributed by atoms with Crippen LogP contribution in [-0.4, -0.2) is 34.7 Å². The van der Waals surface area contributed by atoms with Gasteiger partial charge in [-0.2, -0.15) is 0 Å². The molecule has 1 N–H and O–H groups in total. The monoisotopic (exact) mass is 290 g/mol. The number of nitrogens with zero attached hydrogens (tertiary/aromatic N) is 3. The largest absolute Gasteiger partial charge is 0.347 e. The van der Waals surface area contributed by atoms with Crippen molar-refractivity contribution in [1.82, 2.24) is 14.9 Å². The van der Waals surface area contributed by atoms with Crippen molar-refractivity contribution in [2.24, 2.45) is 0 Å². The molecule has 5 nitrogen and oxygen atoms in total. The van der Waals surface area contributed by atoms with Crippen molar-refractivity contribution in [3.8, 4) is 0 Å². The molecule has 1 saturated heterocycles. The summed E-state index contributed by atoms with van der Waals surface area (Å²) in [6.45, 7) is 6.08. The summed E-state index contributed by atoms with van der Waals surface area (Å²) >= 11 is 0. The minimum absolute atomic E-state index is 0.0511. The van der Waals surface area contributed by atoms with Crippen molar-refractivity contribution in [1.29, 1.82) is 0 Å². The van der Waals surface area contributed by atoms with Crippen LogP contribution in [0.1, 0.15) is 52.0 Å². The van der Waals surface area contributed by atoms with E-state index in [2.05, 4.69) is 15.2 Å². The average Bonchev–Trinajstić information content (AvgIpc) is 3.31. The molecule has 2 heterocycles. The molecule has 2 aliphatic rings. The van der Waals surface area contributed by atoms with E-state index in [0.717, 1.165) is 13.1 Å². The average molecular weight is 290 g/mol. The van der Waals surface area contributed by atoms with Crippen molar-refractivity contribution in [2.75, 3.05) is 18.0 Å². The van der Waals surface area contributed by atoms with Crippen molar-refractivity contribution in [2.45, 2.75) is 64.1 Å². The van der Waals surface area contributed by atoms with Gasteiger partial charge in [0, 0.05) is 37.1 Å². The molecule has 1 aliphatic heterocycles. The van der Waals surface area contributed by atoms with Gasteiger partial charge in [0.2, 0.25) is 0 Å². The zero-order chi connectivity index (χ0) is 14.8. The van der Waals surface area contributed by atoms with Crippen molar-refractivity contribution >= 4 is 5.82 Å². The number of anilines is 1. The SMILES string of the molecule is CC(C)n1ccnc(N(CC2CCCCN2)C2CC2)c1=O. The van der Waals surface area contributed by atoms with E-state index in [1.165, 1.54) is 32.1 Å². The Morgan fingerprint density at radius 3 is 2.81 bits per heavy atom. The lowest BCUT2D eigenvalue weighted by Crippen LogP contribution is -2.46. The van der Waals surface area contributed by atoms with E-state index in [0.29, 0.717) is 17.9 Å². The molecule has 1 unspecified atom stereocenters. The summed E-state index contributed by atoms with van der Waals surface area (Å²) in [5.41, 5.74) is 0.0511. The lowest BCUT2D eigenvalue weighted by atomic mass is 10.0. The lowest BCUT2D eigenvalue weighted by molar-refractivity contribution is 0.397. The molecule has 21 heavy (non-hydrogen) atoms. The van der Waals surface area contributed by atoms with Crippen molar-refractivity contribution in [3.63, 3.8) is 0 Å². The van der Waals surface area contributed by atoms with Gasteiger partial charge < -0.3 is 14.8 Å². The lowest BCUT2D eigenvalue weighted by Gasteiger charge is -2.31. The van der Waals surface area contributed by atoms with Gasteiger partial charge in [0.05, 0.1) is 0 Å². The number of aromatic nitrogens is 2. The van der Waals surface area contributed by atoms with Gasteiger partial charge in [-0.25, -0.2) is 4.98 Å². The van der Waals surface area contributed by atoms with Crippen LogP contribution in [0.4, 0.5) is 5.82 Å². The first kappa shape index (κ1) is 14.6. The Hall–Kier alpha value is -1.36. The molecule has 2 fully saturated rings. The summed E-state index contributed by atoms with van der Waals surface area (Å²) in [5.74, 6) is 0.640. The van der Waals surface area contributed by atoms with Gasteiger partial charge in [-0.15, -0.1) is 0 Å². The molecule has 0 radical (unpaired) electrons. The fraction of sp³-hybridized carbons (Fsp3) is 0.750. The second kappa shape index (κ2) is 6.18. The first-order valence-electron chi connectivity index (χ1n) is 8.24. The maximum Gasteiger partial charge on any atom is 0.293 e. The third-order valence-electron chi connectivity index (χ3n) is 4.50. The molecule has 1 aliphatic carbocycles. The van der Waals surface area contributed by atoms with Gasteiger partial charge in [-0.05, 0) is 46.1 Å². The van der Waals surface area contributed by atoms with Crippen LogP contribution >= 0.6 is 0 Å². The molecule has 0 bridgehead atoms. The van der Waals surface area contributed by atoms with E-state index in [-0.39, 0.29) is 11.6 Å². The number of piperidine rings is 1. The normalized spacial score (nSPS) is 22.5. The van der Waals surface area contributed by atoms with Crippen LogP contribution in [0.25, 0.3) is 0 Å². The molecule has 116 valence electrons. The highest BCUT2D eigenvalue weighted by Crippen LogP contribution is 2.30. The van der Waals surface area contributed by atoms with Crippen LogP contribution in [-0.2, 0) is 0 Å². The summed E-state index contributed by atoms with van der Waals surface area (Å²) in [6.07, 6.45) is 9.68. The van der Waals surface area contributed by atoms with Gasteiger partial charge in [0.15, 0.2) is 5.82 Å². The first-order chi connectivity index (χ1) is 10.2. The second-order valence-corrected chi connectivity index (χ2v) is 6.59. The maximum atomic E-state index is 12.7. The fourth-order valence-corrected chi connectivity index (χ4v) is 3.13. The minimum Gasteiger partial charge on any atom is -0.347 e. The summed E-state index contributed by atoms with van der Waals surface area (Å²) in [7, 11) is 0. The summed E-state index contributed by atoms with van der Waals surface area (Å²) in [6, 6.07) is 1.18. The molecule has 1 saturated carbocycles. The van der Waals surface area contributed by atoms with Crippen LogP contribution in [0, 0.1) is 0 Å². The highest BCUT2D eigenvalue weighted by atomic mass is 16.1. The maximum absolute atomic E-state index is 12.7. The smallest absolute Gasteiger partial charge is 0.293 e. The number of rotatable bonds is 5. The predicted octanol–water partition coefficient (Wildman–Crippen LogP) is 1.94. The van der Waals surface area contributed by atoms with Gasteiger partial charge in [0.25, 0.3) is 5.56 Å². The molecule has 3 rings (SSSR count). The number of hydrogen-bond acceptors (Lipinski definition) is 4. The molecular formula is C16H26N4O. The number of hydrogen-bond donors (Lipinski definition) is 1. The summed E-state index contributed by atoms with van der Waals surface area (Å²) < 4.78 is 1.78. The van der Waals surface area contributed by atoms with E-state index < -0.39 is 0 Å². The Morgan fingerprint density at radius 2 is 2.19 bits per heavy atom. The molecule has 1 atom stereocenters. The first-order valence-corrected chi connectivity index (χ1v) is 8.24. The van der Waals surface area contributed by atoms with Gasteiger partial charge in [-0.3, -0.25) is 4.79 Å². The summed E-state index contributed by atoms with van der Waals surface area (Å²) in [5, 5.41) is 3.58. The van der Waals surface area contributed by atoms with Gasteiger partial charge in [0.1, 0.15) is 0 Å². The van der Waals surface area contributed by atoms with E-state index in [1.54, 1.807) is 17.0 Å². The van der Waals surface area contributed by atoms with E-state index in [1.807, 2.05) is 13.8 Å². The Balaban J connectivity index is 1.84. The van der Waals surface area contributed by atoms with E-state index in [9.17, 15) is 4.79 Å². The number of nitrogens with one attached hydrogen (secondary N) is 1. The zero-order valence-corrected chi connectivity index (χ0v) is 13.1. The van der Waals surface area contributed by atoms with Crippen LogP contribution in [0.2, 0.25) is 0 Å². The van der Waals surface area contributed by atoms with E-state index in [4.69, 9.17) is 0 Å². The Labute approximate surface area is 126 Å². The second-order valence-electron chi connectivity index (χ2n) is 6.59. The highest BCUT2D eigenvalue weighted by molar-refractivity contribution is 5.39. The van der Waals surface area contributed by atoms with Crippen LogP contribution in [0.3, 0.4) is 0 Å². The molecule has 0 spiro atoms. The highest BCUT2D eigenvalue weighted by Gasteiger charge is 2.33. The summed E-state index contributed by atoms with van der Waals surface area (Å²) in [4.78, 5) is 19.3. The fourth-order valence-electron chi connectivity index (χ4n) is 3.13. The topological polar surface area (TPSA) is 50.2 Å². The van der Waals surface area contributed by atoms with Crippen LogP contribution in [0.15, 0.2) is 17.2 Å². The van der Waals surface area contributed by atoms with Gasteiger partial charge in [-0.1, -0.05) is 6.42 Å².